The first-order valence-electron chi connectivity index (χ1n) is 5.41. The first kappa shape index (κ1) is 10.7. The highest BCUT2D eigenvalue weighted by molar-refractivity contribution is 6.18. The van der Waals surface area contributed by atoms with E-state index in [0.717, 1.165) is 13.2 Å². The second-order valence-corrected chi connectivity index (χ2v) is 4.52. The Morgan fingerprint density at radius 2 is 2.36 bits per heavy atom. The van der Waals surface area contributed by atoms with Crippen molar-refractivity contribution in [2.24, 2.45) is 0 Å². The van der Waals surface area contributed by atoms with Crippen LogP contribution < -0.4 is 0 Å². The molecule has 0 spiro atoms. The van der Waals surface area contributed by atoms with E-state index in [4.69, 9.17) is 16.3 Å². The number of hydrogen-bond donors (Lipinski definition) is 1. The first-order valence-corrected chi connectivity index (χ1v) is 5.94. The third kappa shape index (κ3) is 2.22. The summed E-state index contributed by atoms with van der Waals surface area (Å²) in [7, 11) is 0. The molecular weight excluding hydrogens is 202 g/mol. The molecule has 4 heteroatoms. The third-order valence-electron chi connectivity index (χ3n) is 3.22. The Hall–Kier alpha value is 0.170. The smallest absolute Gasteiger partial charge is 0.0802 e. The maximum Gasteiger partial charge on any atom is 0.0802 e. The van der Waals surface area contributed by atoms with Crippen molar-refractivity contribution in [2.75, 3.05) is 25.6 Å². The predicted octanol–water partition coefficient (Wildman–Crippen LogP) is 0.839. The van der Waals surface area contributed by atoms with E-state index in [0.29, 0.717) is 24.6 Å². The number of fused-ring (bicyclic) bond motifs is 1. The van der Waals surface area contributed by atoms with Gasteiger partial charge in [0.15, 0.2) is 0 Å². The summed E-state index contributed by atoms with van der Waals surface area (Å²) in [5, 5.41) is 9.52. The second kappa shape index (κ2) is 4.79. The van der Waals surface area contributed by atoms with Gasteiger partial charge in [0.05, 0.1) is 18.8 Å². The Kier molecular flexibility index (Phi) is 3.66. The minimum Gasteiger partial charge on any atom is -0.391 e. The van der Waals surface area contributed by atoms with Gasteiger partial charge in [-0.1, -0.05) is 0 Å². The highest BCUT2D eigenvalue weighted by Crippen LogP contribution is 2.29. The molecule has 82 valence electrons. The van der Waals surface area contributed by atoms with E-state index >= 15 is 0 Å². The number of halogens is 1. The third-order valence-corrected chi connectivity index (χ3v) is 3.58. The molecule has 1 saturated heterocycles. The van der Waals surface area contributed by atoms with E-state index in [9.17, 15) is 5.11 Å². The highest BCUT2D eigenvalue weighted by Gasteiger charge is 2.36. The number of nitrogens with zero attached hydrogens (tertiary/aromatic N) is 1. The van der Waals surface area contributed by atoms with Crippen LogP contribution in [0.2, 0.25) is 0 Å². The van der Waals surface area contributed by atoms with E-state index in [2.05, 4.69) is 4.90 Å². The molecule has 0 aromatic heterocycles. The SMILES string of the molecule is OC(CCl)CN1CCOC2CCCC21. The molecule has 1 heterocycles. The molecule has 2 fully saturated rings. The van der Waals surface area contributed by atoms with Crippen LogP contribution in [0, 0.1) is 0 Å². The van der Waals surface area contributed by atoms with Gasteiger partial charge in [-0.05, 0) is 19.3 Å². The standard InChI is InChI=1S/C10H18ClNO2/c11-6-8(13)7-12-4-5-14-10-3-1-2-9(10)12/h8-10,13H,1-7H2. The van der Waals surface area contributed by atoms with Gasteiger partial charge in [0.1, 0.15) is 0 Å². The maximum absolute atomic E-state index is 9.52. The molecule has 0 aromatic carbocycles. The number of alkyl halides is 1. The largest absolute Gasteiger partial charge is 0.391 e. The summed E-state index contributed by atoms with van der Waals surface area (Å²) in [5.74, 6) is 0.328. The van der Waals surface area contributed by atoms with E-state index in [1.165, 1.54) is 19.3 Å². The van der Waals surface area contributed by atoms with Crippen molar-refractivity contribution >= 4 is 11.6 Å². The van der Waals surface area contributed by atoms with E-state index in [1.807, 2.05) is 0 Å². The van der Waals surface area contributed by atoms with Crippen LogP contribution in [-0.4, -0.2) is 53.8 Å². The Morgan fingerprint density at radius 3 is 3.14 bits per heavy atom. The molecule has 0 aromatic rings. The molecule has 0 amide bonds. The van der Waals surface area contributed by atoms with Crippen molar-refractivity contribution in [1.29, 1.82) is 0 Å². The van der Waals surface area contributed by atoms with Crippen molar-refractivity contribution in [1.82, 2.24) is 4.90 Å². The molecule has 1 N–H and O–H groups in total. The van der Waals surface area contributed by atoms with E-state index < -0.39 is 6.10 Å². The fraction of sp³-hybridized carbons (Fsp3) is 1.00. The summed E-state index contributed by atoms with van der Waals surface area (Å²) >= 11 is 5.61. The number of hydrogen-bond acceptors (Lipinski definition) is 3. The van der Waals surface area contributed by atoms with Crippen molar-refractivity contribution in [3.8, 4) is 0 Å². The fourth-order valence-electron chi connectivity index (χ4n) is 2.55. The molecule has 1 saturated carbocycles. The van der Waals surface area contributed by atoms with Gasteiger partial charge in [-0.25, -0.2) is 0 Å². The monoisotopic (exact) mass is 219 g/mol. The van der Waals surface area contributed by atoms with Crippen LogP contribution in [0.25, 0.3) is 0 Å². The molecule has 14 heavy (non-hydrogen) atoms. The normalized spacial score (nSPS) is 35.6. The van der Waals surface area contributed by atoms with Gasteiger partial charge in [0.25, 0.3) is 0 Å². The van der Waals surface area contributed by atoms with Crippen molar-refractivity contribution < 1.29 is 9.84 Å². The molecular formula is C10H18ClNO2. The molecule has 2 rings (SSSR count). The lowest BCUT2D eigenvalue weighted by molar-refractivity contribution is -0.0653. The zero-order valence-corrected chi connectivity index (χ0v) is 9.12. The quantitative estimate of drug-likeness (QED) is 0.715. The average molecular weight is 220 g/mol. The van der Waals surface area contributed by atoms with E-state index in [-0.39, 0.29) is 0 Å². The topological polar surface area (TPSA) is 32.7 Å². The predicted molar refractivity (Wildman–Crippen MR) is 55.7 cm³/mol. The Balaban J connectivity index is 1.90. The van der Waals surface area contributed by atoms with Gasteiger partial charge in [0, 0.05) is 25.0 Å². The summed E-state index contributed by atoms with van der Waals surface area (Å²) in [6.07, 6.45) is 3.66. The summed E-state index contributed by atoms with van der Waals surface area (Å²) in [6, 6.07) is 0.529. The zero-order valence-electron chi connectivity index (χ0n) is 8.36. The number of morpholine rings is 1. The Bertz CT molecular complexity index is 191. The highest BCUT2D eigenvalue weighted by atomic mass is 35.5. The van der Waals surface area contributed by atoms with Gasteiger partial charge < -0.3 is 9.84 Å². The molecule has 3 nitrogen and oxygen atoms in total. The Morgan fingerprint density at radius 1 is 1.50 bits per heavy atom. The van der Waals surface area contributed by atoms with Crippen LogP contribution in [0.15, 0.2) is 0 Å². The van der Waals surface area contributed by atoms with Crippen LogP contribution in [0.1, 0.15) is 19.3 Å². The Labute approximate surface area is 90.0 Å². The van der Waals surface area contributed by atoms with Crippen molar-refractivity contribution in [3.63, 3.8) is 0 Å². The first-order chi connectivity index (χ1) is 6.81. The van der Waals surface area contributed by atoms with Crippen LogP contribution >= 0.6 is 11.6 Å². The van der Waals surface area contributed by atoms with Gasteiger partial charge in [-0.15, -0.1) is 11.6 Å². The minimum atomic E-state index is -0.393. The lowest BCUT2D eigenvalue weighted by Gasteiger charge is -2.38. The molecule has 0 bridgehead atoms. The number of β-amino-alcohol motifs (C(OH)–C–C–N with tert-alkyl or cyclic N) is 1. The lowest BCUT2D eigenvalue weighted by Crippen LogP contribution is -2.51. The van der Waals surface area contributed by atoms with Crippen molar-refractivity contribution in [3.05, 3.63) is 0 Å². The van der Waals surface area contributed by atoms with Crippen LogP contribution in [0.5, 0.6) is 0 Å². The minimum absolute atomic E-state index is 0.328. The maximum atomic E-state index is 9.52. The fourth-order valence-corrected chi connectivity index (χ4v) is 2.65. The number of ether oxygens (including phenoxy) is 1. The summed E-state index contributed by atoms with van der Waals surface area (Å²) < 4.78 is 5.69. The molecule has 0 radical (unpaired) electrons. The number of aliphatic hydroxyl groups excluding tert-OH is 1. The zero-order chi connectivity index (χ0) is 9.97. The molecule has 1 aliphatic carbocycles. The van der Waals surface area contributed by atoms with Gasteiger partial charge in [0.2, 0.25) is 0 Å². The molecule has 3 unspecified atom stereocenters. The molecule has 1 aliphatic heterocycles. The molecule has 3 atom stereocenters. The molecule has 2 aliphatic rings. The van der Waals surface area contributed by atoms with Crippen LogP contribution in [0.3, 0.4) is 0 Å². The van der Waals surface area contributed by atoms with E-state index in [1.54, 1.807) is 0 Å². The second-order valence-electron chi connectivity index (χ2n) is 4.21. The van der Waals surface area contributed by atoms with Gasteiger partial charge >= 0.3 is 0 Å². The summed E-state index contributed by atoms with van der Waals surface area (Å²) in [6.45, 7) is 2.44. The van der Waals surface area contributed by atoms with Gasteiger partial charge in [-0.3, -0.25) is 4.90 Å². The van der Waals surface area contributed by atoms with Crippen LogP contribution in [0.4, 0.5) is 0 Å². The summed E-state index contributed by atoms with van der Waals surface area (Å²) in [4.78, 5) is 2.34. The number of aliphatic hydroxyl groups is 1. The van der Waals surface area contributed by atoms with Gasteiger partial charge in [-0.2, -0.15) is 0 Å². The van der Waals surface area contributed by atoms with Crippen molar-refractivity contribution in [2.45, 2.75) is 37.5 Å². The van der Waals surface area contributed by atoms with Crippen LogP contribution in [-0.2, 0) is 4.74 Å². The summed E-state index contributed by atoms with van der Waals surface area (Å²) in [5.41, 5.74) is 0. The average Bonchev–Trinajstić information content (AvgIpc) is 2.66. The number of rotatable bonds is 3. The lowest BCUT2D eigenvalue weighted by atomic mass is 10.1.